The van der Waals surface area contributed by atoms with E-state index < -0.39 is 12.1 Å². The highest BCUT2D eigenvalue weighted by atomic mass is 16.5. The van der Waals surface area contributed by atoms with Gasteiger partial charge in [0.15, 0.2) is 17.6 Å². The molecule has 1 aromatic carbocycles. The van der Waals surface area contributed by atoms with Crippen molar-refractivity contribution < 1.29 is 9.53 Å². The minimum absolute atomic E-state index is 0.402. The molecule has 7 nitrogen and oxygen atoms in total. The third kappa shape index (κ3) is 2.52. The summed E-state index contributed by atoms with van der Waals surface area (Å²) in [6, 6.07) is 9.60. The second-order valence-electron chi connectivity index (χ2n) is 6.37. The Labute approximate surface area is 150 Å². The van der Waals surface area contributed by atoms with Crippen LogP contribution >= 0.6 is 0 Å². The number of esters is 1. The maximum atomic E-state index is 12.6. The molecule has 0 spiro atoms. The van der Waals surface area contributed by atoms with Gasteiger partial charge in [-0.3, -0.25) is 4.68 Å². The van der Waals surface area contributed by atoms with Crippen molar-refractivity contribution in [2.75, 3.05) is 0 Å². The van der Waals surface area contributed by atoms with E-state index in [0.717, 1.165) is 27.8 Å². The number of hydrogen-bond acceptors (Lipinski definition) is 5. The van der Waals surface area contributed by atoms with Crippen molar-refractivity contribution >= 4 is 28.0 Å². The van der Waals surface area contributed by atoms with E-state index in [4.69, 9.17) is 4.74 Å². The number of carbonyl (C=O) groups is 1. The van der Waals surface area contributed by atoms with E-state index in [2.05, 4.69) is 15.1 Å². The number of hydrogen-bond donors (Lipinski definition) is 0. The van der Waals surface area contributed by atoms with E-state index in [0.29, 0.717) is 11.4 Å². The van der Waals surface area contributed by atoms with Gasteiger partial charge in [-0.15, -0.1) is 0 Å². The number of imidazole rings is 1. The van der Waals surface area contributed by atoms with Crippen molar-refractivity contribution in [3.05, 3.63) is 53.6 Å². The topological polar surface area (TPSA) is 74.8 Å². The molecule has 3 heterocycles. The molecule has 0 unspecified atom stereocenters. The van der Waals surface area contributed by atoms with Crippen LogP contribution in [0.25, 0.3) is 22.1 Å². The van der Waals surface area contributed by atoms with Gasteiger partial charge in [-0.25, -0.2) is 14.8 Å². The first-order chi connectivity index (χ1) is 12.5. The summed E-state index contributed by atoms with van der Waals surface area (Å²) in [5.74, 6) is 0.272. The molecule has 0 aliphatic rings. The van der Waals surface area contributed by atoms with Gasteiger partial charge in [0.05, 0.1) is 22.3 Å². The quantitative estimate of drug-likeness (QED) is 0.531. The number of aryl methyl sites for hydroxylation is 3. The number of rotatable bonds is 3. The molecule has 3 aromatic heterocycles. The molecular formula is C19H19N5O2. The summed E-state index contributed by atoms with van der Waals surface area (Å²) in [6.07, 6.45) is 1.04. The summed E-state index contributed by atoms with van der Waals surface area (Å²) in [5.41, 5.74) is 3.84. The largest absolute Gasteiger partial charge is 0.451 e. The molecule has 0 amide bonds. The fourth-order valence-electron chi connectivity index (χ4n) is 3.23. The van der Waals surface area contributed by atoms with Gasteiger partial charge in [0, 0.05) is 25.7 Å². The highest BCUT2D eigenvalue weighted by Crippen LogP contribution is 2.23. The normalized spacial score (nSPS) is 12.6. The lowest BCUT2D eigenvalue weighted by atomic mass is 10.2. The predicted octanol–water partition coefficient (Wildman–Crippen LogP) is 3.08. The number of para-hydroxylation sites is 2. The van der Waals surface area contributed by atoms with Crippen LogP contribution in [0, 0.1) is 6.92 Å². The summed E-state index contributed by atoms with van der Waals surface area (Å²) < 4.78 is 9.28. The van der Waals surface area contributed by atoms with Gasteiger partial charge < -0.3 is 9.30 Å². The Bertz CT molecular complexity index is 1140. The molecule has 7 heteroatoms. The standard InChI is InChI=1S/C19H19N5O2/c1-11-14-9-13(10-20-18(14)24(4)22-11)19(25)26-12(2)17-21-15-7-5-6-8-16(15)23(17)3/h5-10,12H,1-4H3/t12-/m1/s1. The van der Waals surface area contributed by atoms with E-state index in [-0.39, 0.29) is 0 Å². The van der Waals surface area contributed by atoms with Gasteiger partial charge in [0.2, 0.25) is 0 Å². The first-order valence-corrected chi connectivity index (χ1v) is 8.37. The van der Waals surface area contributed by atoms with Crippen LogP contribution in [-0.2, 0) is 18.8 Å². The van der Waals surface area contributed by atoms with Crippen molar-refractivity contribution in [2.24, 2.45) is 14.1 Å². The molecule has 0 aliphatic carbocycles. The van der Waals surface area contributed by atoms with Crippen molar-refractivity contribution in [2.45, 2.75) is 20.0 Å². The van der Waals surface area contributed by atoms with Crippen molar-refractivity contribution in [3.8, 4) is 0 Å². The van der Waals surface area contributed by atoms with Gasteiger partial charge in [-0.2, -0.15) is 5.10 Å². The summed E-state index contributed by atoms with van der Waals surface area (Å²) in [4.78, 5) is 21.5. The maximum Gasteiger partial charge on any atom is 0.340 e. The van der Waals surface area contributed by atoms with Gasteiger partial charge in [0.1, 0.15) is 0 Å². The molecule has 132 valence electrons. The zero-order chi connectivity index (χ0) is 18.4. The number of ether oxygens (including phenoxy) is 1. The van der Waals surface area contributed by atoms with E-state index >= 15 is 0 Å². The summed E-state index contributed by atoms with van der Waals surface area (Å²) in [6.45, 7) is 3.71. The Kier molecular flexibility index (Phi) is 3.72. The van der Waals surface area contributed by atoms with Crippen LogP contribution in [0.1, 0.15) is 34.9 Å². The Balaban J connectivity index is 1.62. The molecule has 4 rings (SSSR count). The zero-order valence-electron chi connectivity index (χ0n) is 15.1. The Morgan fingerprint density at radius 2 is 2.00 bits per heavy atom. The minimum Gasteiger partial charge on any atom is -0.451 e. The van der Waals surface area contributed by atoms with Gasteiger partial charge in [-0.05, 0) is 32.0 Å². The third-order valence-corrected chi connectivity index (χ3v) is 4.57. The zero-order valence-corrected chi connectivity index (χ0v) is 15.1. The number of carbonyl (C=O) groups excluding carboxylic acids is 1. The number of benzene rings is 1. The van der Waals surface area contributed by atoms with Gasteiger partial charge in [0.25, 0.3) is 0 Å². The summed E-state index contributed by atoms with van der Waals surface area (Å²) >= 11 is 0. The van der Waals surface area contributed by atoms with Crippen LogP contribution < -0.4 is 0 Å². The molecule has 0 fully saturated rings. The third-order valence-electron chi connectivity index (χ3n) is 4.57. The van der Waals surface area contributed by atoms with E-state index in [1.54, 1.807) is 10.7 Å². The van der Waals surface area contributed by atoms with Gasteiger partial charge in [-0.1, -0.05) is 12.1 Å². The van der Waals surface area contributed by atoms with Crippen molar-refractivity contribution in [3.63, 3.8) is 0 Å². The molecule has 4 aromatic rings. The van der Waals surface area contributed by atoms with E-state index in [1.807, 2.05) is 56.8 Å². The molecule has 0 radical (unpaired) electrons. The fourth-order valence-corrected chi connectivity index (χ4v) is 3.23. The summed E-state index contributed by atoms with van der Waals surface area (Å²) in [5, 5.41) is 5.17. The van der Waals surface area contributed by atoms with E-state index in [1.165, 1.54) is 6.20 Å². The Hall–Kier alpha value is -3.22. The molecule has 0 bridgehead atoms. The second-order valence-corrected chi connectivity index (χ2v) is 6.37. The molecule has 0 saturated heterocycles. The van der Waals surface area contributed by atoms with Crippen LogP contribution in [-0.4, -0.2) is 30.3 Å². The fraction of sp³-hybridized carbons (Fsp3) is 0.263. The van der Waals surface area contributed by atoms with Crippen molar-refractivity contribution in [1.29, 1.82) is 0 Å². The van der Waals surface area contributed by atoms with Crippen LogP contribution in [0.2, 0.25) is 0 Å². The molecule has 0 N–H and O–H groups in total. The smallest absolute Gasteiger partial charge is 0.340 e. The molecule has 0 saturated carbocycles. The van der Waals surface area contributed by atoms with Crippen LogP contribution in [0.5, 0.6) is 0 Å². The van der Waals surface area contributed by atoms with Crippen molar-refractivity contribution in [1.82, 2.24) is 24.3 Å². The molecule has 26 heavy (non-hydrogen) atoms. The highest BCUT2D eigenvalue weighted by Gasteiger charge is 2.20. The molecule has 0 aliphatic heterocycles. The monoisotopic (exact) mass is 349 g/mol. The first-order valence-electron chi connectivity index (χ1n) is 8.37. The van der Waals surface area contributed by atoms with Crippen LogP contribution in [0.15, 0.2) is 36.5 Å². The Morgan fingerprint density at radius 1 is 1.23 bits per heavy atom. The number of nitrogens with zero attached hydrogens (tertiary/aromatic N) is 5. The lowest BCUT2D eigenvalue weighted by Crippen LogP contribution is -2.13. The number of aromatic nitrogens is 5. The first kappa shape index (κ1) is 16.3. The summed E-state index contributed by atoms with van der Waals surface area (Å²) in [7, 11) is 3.75. The maximum absolute atomic E-state index is 12.6. The number of fused-ring (bicyclic) bond motifs is 2. The lowest BCUT2D eigenvalue weighted by Gasteiger charge is -2.13. The SMILES string of the molecule is Cc1nn(C)c2ncc(C(=O)O[C@H](C)c3nc4ccccc4n3C)cc12. The average molecular weight is 349 g/mol. The second kappa shape index (κ2) is 5.94. The predicted molar refractivity (Wildman–Crippen MR) is 97.8 cm³/mol. The van der Waals surface area contributed by atoms with E-state index in [9.17, 15) is 4.79 Å². The average Bonchev–Trinajstić information content (AvgIpc) is 3.12. The number of pyridine rings is 1. The molecule has 1 atom stereocenters. The van der Waals surface area contributed by atoms with Crippen LogP contribution in [0.4, 0.5) is 0 Å². The molecular weight excluding hydrogens is 330 g/mol. The Morgan fingerprint density at radius 3 is 2.77 bits per heavy atom. The highest BCUT2D eigenvalue weighted by molar-refractivity contribution is 5.93. The minimum atomic E-state index is -0.481. The van der Waals surface area contributed by atoms with Crippen LogP contribution in [0.3, 0.4) is 0 Å². The van der Waals surface area contributed by atoms with Gasteiger partial charge >= 0.3 is 5.97 Å². The lowest BCUT2D eigenvalue weighted by molar-refractivity contribution is 0.0315.